The van der Waals surface area contributed by atoms with Gasteiger partial charge in [-0.3, -0.25) is 0 Å². The summed E-state index contributed by atoms with van der Waals surface area (Å²) in [7, 11) is 0. The van der Waals surface area contributed by atoms with Crippen molar-refractivity contribution in [2.45, 2.75) is 40.0 Å². The van der Waals surface area contributed by atoms with Crippen molar-refractivity contribution in [3.63, 3.8) is 0 Å². The van der Waals surface area contributed by atoms with Crippen LogP contribution in [0.3, 0.4) is 0 Å². The van der Waals surface area contributed by atoms with Crippen molar-refractivity contribution in [3.8, 4) is 0 Å². The van der Waals surface area contributed by atoms with Crippen molar-refractivity contribution in [2.75, 3.05) is 4.90 Å². The maximum Gasteiger partial charge on any atom is 0.0468 e. The zero-order valence-corrected chi connectivity index (χ0v) is 19.8. The van der Waals surface area contributed by atoms with Gasteiger partial charge in [-0.1, -0.05) is 85.1 Å². The quantitative estimate of drug-likeness (QED) is 0.243. The van der Waals surface area contributed by atoms with Gasteiger partial charge < -0.3 is 4.90 Å². The third-order valence-electron chi connectivity index (χ3n) is 6.55. The fraction of sp³-hybridized carbons (Fsp3) is 0.188. The molecule has 5 rings (SSSR count). The Morgan fingerprint density at radius 1 is 0.545 bits per heavy atom. The van der Waals surface area contributed by atoms with Crippen molar-refractivity contribution in [1.82, 2.24) is 0 Å². The molecule has 33 heavy (non-hydrogen) atoms. The number of hydrogen-bond donors (Lipinski definition) is 0. The highest BCUT2D eigenvalue weighted by Crippen LogP contribution is 2.37. The summed E-state index contributed by atoms with van der Waals surface area (Å²) in [6, 6.07) is 35.9. The fourth-order valence-corrected chi connectivity index (χ4v) is 4.62. The van der Waals surface area contributed by atoms with Crippen LogP contribution in [-0.2, 0) is 6.42 Å². The number of nitrogens with zero attached hydrogens (tertiary/aromatic N) is 1. The van der Waals surface area contributed by atoms with Gasteiger partial charge in [-0.2, -0.15) is 0 Å². The Morgan fingerprint density at radius 2 is 1.06 bits per heavy atom. The molecule has 0 fully saturated rings. The molecular weight excluding hydrogens is 398 g/mol. The van der Waals surface area contributed by atoms with Crippen molar-refractivity contribution in [2.24, 2.45) is 0 Å². The van der Waals surface area contributed by atoms with E-state index in [1.807, 2.05) is 0 Å². The summed E-state index contributed by atoms with van der Waals surface area (Å²) < 4.78 is 0. The Kier molecular flexibility index (Phi) is 5.88. The Morgan fingerprint density at radius 3 is 1.64 bits per heavy atom. The summed E-state index contributed by atoms with van der Waals surface area (Å²) in [5, 5.41) is 5.24. The van der Waals surface area contributed by atoms with Gasteiger partial charge in [0.05, 0.1) is 0 Å². The normalized spacial score (nSPS) is 11.2. The van der Waals surface area contributed by atoms with Crippen molar-refractivity contribution >= 4 is 38.6 Å². The topological polar surface area (TPSA) is 3.24 Å². The molecule has 0 aliphatic rings. The zero-order chi connectivity index (χ0) is 22.8. The van der Waals surface area contributed by atoms with E-state index in [1.54, 1.807) is 0 Å². The lowest BCUT2D eigenvalue weighted by atomic mass is 9.98. The average molecular weight is 430 g/mol. The molecule has 0 aromatic heterocycles. The number of anilines is 3. The molecule has 0 atom stereocenters. The van der Waals surface area contributed by atoms with Gasteiger partial charge >= 0.3 is 0 Å². The molecule has 0 radical (unpaired) electrons. The number of unbranched alkanes of at least 4 members (excludes halogenated alkanes) is 1. The second-order valence-corrected chi connectivity index (χ2v) is 9.14. The van der Waals surface area contributed by atoms with Gasteiger partial charge in [0.1, 0.15) is 0 Å². The average Bonchev–Trinajstić information content (AvgIpc) is 2.85. The predicted octanol–water partition coefficient (Wildman–Crippen LogP) is 9.42. The van der Waals surface area contributed by atoms with Crippen LogP contribution in [0.5, 0.6) is 0 Å². The minimum atomic E-state index is 1.16. The minimum Gasteiger partial charge on any atom is -0.310 e. The van der Waals surface area contributed by atoms with Crippen LogP contribution in [0.25, 0.3) is 21.5 Å². The van der Waals surface area contributed by atoms with Gasteiger partial charge in [-0.15, -0.1) is 0 Å². The maximum absolute atomic E-state index is 2.36. The lowest BCUT2D eigenvalue weighted by Crippen LogP contribution is -2.09. The van der Waals surface area contributed by atoms with E-state index in [-0.39, 0.29) is 0 Å². The lowest BCUT2D eigenvalue weighted by molar-refractivity contribution is 0.796. The Hall–Kier alpha value is -3.58. The maximum atomic E-state index is 2.36. The SMILES string of the molecule is CCCCc1ccc2c(ccc3cc(N(c4ccc(C)cc4)c4ccc(C)cc4)ccc32)c1. The number of rotatable bonds is 6. The van der Waals surface area contributed by atoms with Crippen LogP contribution < -0.4 is 4.90 Å². The lowest BCUT2D eigenvalue weighted by Gasteiger charge is -2.26. The molecule has 5 aromatic rings. The van der Waals surface area contributed by atoms with Crippen molar-refractivity contribution in [1.29, 1.82) is 0 Å². The summed E-state index contributed by atoms with van der Waals surface area (Å²) in [6.07, 6.45) is 3.64. The van der Waals surface area contributed by atoms with Gasteiger partial charge in [0.25, 0.3) is 0 Å². The first-order valence-electron chi connectivity index (χ1n) is 12.0. The molecule has 1 nitrogen and oxygen atoms in total. The van der Waals surface area contributed by atoms with E-state index in [1.165, 1.54) is 68.1 Å². The molecule has 1 heteroatoms. The molecule has 0 amide bonds. The molecule has 164 valence electrons. The summed E-state index contributed by atoms with van der Waals surface area (Å²) >= 11 is 0. The molecule has 0 saturated heterocycles. The highest BCUT2D eigenvalue weighted by Gasteiger charge is 2.13. The van der Waals surface area contributed by atoms with E-state index in [0.29, 0.717) is 0 Å². The van der Waals surface area contributed by atoms with Crippen LogP contribution in [0.1, 0.15) is 36.5 Å². The first-order chi connectivity index (χ1) is 16.1. The predicted molar refractivity (Wildman–Crippen MR) is 144 cm³/mol. The molecule has 0 N–H and O–H groups in total. The molecule has 0 unspecified atom stereocenters. The number of aryl methyl sites for hydroxylation is 3. The first-order valence-corrected chi connectivity index (χ1v) is 12.0. The Labute approximate surface area is 197 Å². The van der Waals surface area contributed by atoms with Gasteiger partial charge in [-0.05, 0) is 90.2 Å². The van der Waals surface area contributed by atoms with Crippen LogP contribution >= 0.6 is 0 Å². The van der Waals surface area contributed by atoms with Gasteiger partial charge in [0.15, 0.2) is 0 Å². The first kappa shape index (κ1) is 21.3. The fourth-order valence-electron chi connectivity index (χ4n) is 4.62. The standard InChI is InChI=1S/C32H31N/c1-4-5-6-25-11-19-31-26(21-25)12-13-27-22-30(18-20-32(27)31)33(28-14-7-23(2)8-15-28)29-16-9-24(3)10-17-29/h7-22H,4-6H2,1-3H3. The number of benzene rings is 5. The monoisotopic (exact) mass is 429 g/mol. The highest BCUT2D eigenvalue weighted by molar-refractivity contribution is 6.08. The van der Waals surface area contributed by atoms with Gasteiger partial charge in [0, 0.05) is 17.1 Å². The largest absolute Gasteiger partial charge is 0.310 e. The van der Waals surface area contributed by atoms with E-state index in [0.717, 1.165) is 6.42 Å². The van der Waals surface area contributed by atoms with Crippen LogP contribution in [-0.4, -0.2) is 0 Å². The van der Waals surface area contributed by atoms with Crippen LogP contribution in [0, 0.1) is 13.8 Å². The van der Waals surface area contributed by atoms with Crippen LogP contribution in [0.15, 0.2) is 97.1 Å². The smallest absolute Gasteiger partial charge is 0.0468 e. The summed E-state index contributed by atoms with van der Waals surface area (Å²) in [5.74, 6) is 0. The second-order valence-electron chi connectivity index (χ2n) is 9.14. The molecular formula is C32H31N. The van der Waals surface area contributed by atoms with E-state index in [9.17, 15) is 0 Å². The van der Waals surface area contributed by atoms with E-state index in [2.05, 4.69) is 123 Å². The number of fused-ring (bicyclic) bond motifs is 3. The molecule has 5 aromatic carbocycles. The van der Waals surface area contributed by atoms with E-state index in [4.69, 9.17) is 0 Å². The number of hydrogen-bond acceptors (Lipinski definition) is 1. The van der Waals surface area contributed by atoms with Crippen molar-refractivity contribution in [3.05, 3.63) is 114 Å². The van der Waals surface area contributed by atoms with Crippen LogP contribution in [0.2, 0.25) is 0 Å². The third kappa shape index (κ3) is 4.36. The molecule has 0 aliphatic carbocycles. The minimum absolute atomic E-state index is 1.16. The molecule has 0 heterocycles. The van der Waals surface area contributed by atoms with E-state index >= 15 is 0 Å². The Bertz CT molecular complexity index is 1350. The van der Waals surface area contributed by atoms with Crippen molar-refractivity contribution < 1.29 is 0 Å². The molecule has 0 bridgehead atoms. The Balaban J connectivity index is 1.61. The van der Waals surface area contributed by atoms with Gasteiger partial charge in [0.2, 0.25) is 0 Å². The zero-order valence-electron chi connectivity index (χ0n) is 19.8. The second kappa shape index (κ2) is 9.11. The molecule has 0 saturated carbocycles. The summed E-state index contributed by atoms with van der Waals surface area (Å²) in [4.78, 5) is 2.34. The summed E-state index contributed by atoms with van der Waals surface area (Å²) in [6.45, 7) is 6.52. The summed E-state index contributed by atoms with van der Waals surface area (Å²) in [5.41, 5.74) is 7.49. The molecule has 0 spiro atoms. The van der Waals surface area contributed by atoms with Gasteiger partial charge in [-0.25, -0.2) is 0 Å². The molecule has 0 aliphatic heterocycles. The highest BCUT2D eigenvalue weighted by atomic mass is 15.1. The van der Waals surface area contributed by atoms with Crippen LogP contribution in [0.4, 0.5) is 17.1 Å². The van der Waals surface area contributed by atoms with E-state index < -0.39 is 0 Å². The third-order valence-corrected chi connectivity index (χ3v) is 6.55.